The van der Waals surface area contributed by atoms with Crippen molar-refractivity contribution in [2.75, 3.05) is 0 Å². The minimum atomic E-state index is -8.54. The molecule has 17 heteroatoms. The number of nitrogens with one attached hydrogen (secondary N) is 2. The molecule has 6 N–H and O–H groups in total. The van der Waals surface area contributed by atoms with Crippen LogP contribution in [0.15, 0.2) is 91.0 Å². The molecule has 0 saturated heterocycles. The number of carboxylic acid groups (broad SMARTS) is 4. The maximum absolute atomic E-state index is 13.1. The van der Waals surface area contributed by atoms with Crippen LogP contribution in [0, 0.1) is 0 Å². The summed E-state index contributed by atoms with van der Waals surface area (Å²) in [6, 6.07) is 25.2. The quantitative estimate of drug-likeness (QED) is 0.0976. The molecule has 7 aromatic rings. The molecule has 0 saturated carbocycles. The monoisotopic (exact) mass is 757 g/mol. The molecule has 0 radical (unpaired) electrons. The van der Waals surface area contributed by atoms with Crippen molar-refractivity contribution in [3.8, 4) is 45.6 Å². The molecule has 8 bridgehead atoms. The summed E-state index contributed by atoms with van der Waals surface area (Å²) in [5.74, 6) is 0.740. The molecule has 9 rings (SSSR count). The van der Waals surface area contributed by atoms with Gasteiger partial charge in [0.1, 0.15) is 0 Å². The van der Waals surface area contributed by atoms with Crippen LogP contribution >= 0.6 is 0 Å². The number of rotatable bonds is 5. The van der Waals surface area contributed by atoms with Gasteiger partial charge in [0.2, 0.25) is 0 Å². The van der Waals surface area contributed by atoms with E-state index in [4.69, 9.17) is 29.9 Å². The van der Waals surface area contributed by atoms with Crippen molar-refractivity contribution < 1.29 is 53.2 Å². The summed E-state index contributed by atoms with van der Waals surface area (Å²) in [4.78, 5) is 87.4. The standard InChI is InChI=1S/C32H17N8.4CHO2.Zn/c1-2-10-18-17(9-1)25-33-26(18)38-28-21-13-5-6-14-22(21)30(35-28)40-32-24-16-8-7-15-23(24)31(36-32)39-29-20-12-4-3-11-19(20)27(34-29)37-25;4*2-1-3;/h1-15H,(H2,33,34,35,36,37,38,39,40);4*(H,2,3);. The Balaban J connectivity index is 1.55. The first kappa shape index (κ1) is 31.7. The molecule has 0 amide bonds. The van der Waals surface area contributed by atoms with Crippen LogP contribution in [0.2, 0.25) is 0 Å². The van der Waals surface area contributed by atoms with E-state index >= 15 is 0 Å². The molecule has 3 aromatic heterocycles. The van der Waals surface area contributed by atoms with Crippen LogP contribution < -0.4 is 4.16 Å². The van der Waals surface area contributed by atoms with Crippen molar-refractivity contribution in [1.82, 2.24) is 39.9 Å². The summed E-state index contributed by atoms with van der Waals surface area (Å²) < 4.78 is -10.7. The maximum atomic E-state index is 13.1. The van der Waals surface area contributed by atoms with E-state index < -0.39 is 36.0 Å². The Morgan fingerprint density at radius 3 is 1.17 bits per heavy atom. The third-order valence-corrected chi connectivity index (χ3v) is 25.4. The number of fused-ring (bicyclic) bond motifs is 20. The van der Waals surface area contributed by atoms with Gasteiger partial charge >= 0.3 is 290 Å². The van der Waals surface area contributed by atoms with Gasteiger partial charge in [-0.2, -0.15) is 0 Å². The molecule has 0 aliphatic carbocycles. The average Bonchev–Trinajstić information content (AvgIpc) is 3.87. The van der Waals surface area contributed by atoms with Crippen molar-refractivity contribution in [3.63, 3.8) is 0 Å². The summed E-state index contributed by atoms with van der Waals surface area (Å²) in [7, 11) is 0. The average molecular weight is 759 g/mol. The number of carbonyl (C=O) groups is 4. The number of aromatic nitrogens is 8. The third-order valence-electron chi connectivity index (χ3n) is 10.8. The van der Waals surface area contributed by atoms with Crippen molar-refractivity contribution in [2.45, 2.75) is 0 Å². The van der Waals surface area contributed by atoms with Crippen molar-refractivity contribution in [3.05, 3.63) is 91.0 Å². The summed E-state index contributed by atoms with van der Waals surface area (Å²) >= 11 is -8.54. The van der Waals surface area contributed by atoms with E-state index in [2.05, 4.69) is 9.97 Å². The van der Waals surface area contributed by atoms with E-state index in [1.54, 1.807) is 36.4 Å². The molecule has 2 aliphatic heterocycles. The minimum absolute atomic E-state index is 0.00346. The van der Waals surface area contributed by atoms with E-state index in [1.165, 1.54) is 12.1 Å². The van der Waals surface area contributed by atoms with Gasteiger partial charge in [-0.05, 0) is 0 Å². The van der Waals surface area contributed by atoms with E-state index in [1.807, 2.05) is 36.4 Å². The van der Waals surface area contributed by atoms with E-state index in [0.717, 1.165) is 16.8 Å². The van der Waals surface area contributed by atoms with Gasteiger partial charge in [-0.25, -0.2) is 0 Å². The van der Waals surface area contributed by atoms with Gasteiger partial charge in [0.05, 0.1) is 0 Å². The van der Waals surface area contributed by atoms with Crippen LogP contribution in [0.1, 0.15) is 0 Å². The molecule has 53 heavy (non-hydrogen) atoms. The van der Waals surface area contributed by atoms with Crippen LogP contribution in [-0.2, 0) is 13.6 Å². The molecular formula is C36H21N8O8Zn. The molecular weight excluding hydrogens is 738 g/mol. The molecule has 0 fully saturated rings. The number of aromatic amines is 2. The van der Waals surface area contributed by atoms with Crippen LogP contribution in [0.25, 0.3) is 89.7 Å². The van der Waals surface area contributed by atoms with Crippen LogP contribution in [0.5, 0.6) is 0 Å². The first-order chi connectivity index (χ1) is 25.5. The predicted octanol–water partition coefficient (Wildman–Crippen LogP) is 6.90. The fraction of sp³-hybridized carbons (Fsp3) is 0. The zero-order chi connectivity index (χ0) is 36.8. The zero-order valence-corrected chi connectivity index (χ0v) is 29.9. The third kappa shape index (κ3) is 3.96. The first-order valence-electron chi connectivity index (χ1n) is 16.4. The number of H-pyrrole nitrogens is 2. The molecule has 16 nitrogen and oxygen atoms in total. The van der Waals surface area contributed by atoms with Crippen LogP contribution in [0.3, 0.4) is 0 Å². The second-order valence-corrected chi connectivity index (χ2v) is 27.5. The van der Waals surface area contributed by atoms with Gasteiger partial charge in [0, 0.05) is 0 Å². The van der Waals surface area contributed by atoms with Crippen LogP contribution in [0.4, 0.5) is 19.2 Å². The second kappa shape index (κ2) is 10.9. The summed E-state index contributed by atoms with van der Waals surface area (Å²) in [6.07, 6.45) is 0. The first-order valence-corrected chi connectivity index (χ1v) is 23.8. The Morgan fingerprint density at radius 1 is 0.415 bits per heavy atom. The van der Waals surface area contributed by atoms with Gasteiger partial charge in [0.25, 0.3) is 0 Å². The van der Waals surface area contributed by atoms with Crippen LogP contribution in [-0.4, -0.2) is 78.6 Å². The fourth-order valence-corrected chi connectivity index (χ4v) is 17.3. The molecule has 4 aromatic carbocycles. The predicted molar refractivity (Wildman–Crippen MR) is 188 cm³/mol. The Kier molecular flexibility index (Phi) is 6.50. The number of benzene rings is 4. The van der Waals surface area contributed by atoms with Crippen molar-refractivity contribution in [1.29, 1.82) is 0 Å². The van der Waals surface area contributed by atoms with Gasteiger partial charge in [-0.15, -0.1) is 0 Å². The fourth-order valence-electron chi connectivity index (χ4n) is 7.78. The Bertz CT molecular complexity index is 2960. The van der Waals surface area contributed by atoms with Gasteiger partial charge in [-0.1, -0.05) is 6.07 Å². The van der Waals surface area contributed by atoms with Crippen molar-refractivity contribution in [2.24, 2.45) is 0 Å². The number of nitrogens with zero attached hydrogens (tertiary/aromatic N) is 6. The molecule has 5 heterocycles. The van der Waals surface area contributed by atoms with Gasteiger partial charge in [0.15, 0.2) is 0 Å². The Labute approximate surface area is 295 Å². The summed E-state index contributed by atoms with van der Waals surface area (Å²) in [5, 5.41) is 43.3. The SMILES string of the molecule is O=[C](O)[Zn]([C](=O)O)([C](=O)O)([C](=O)O)[c]1cccc2c3nc4nc(nc5[nH]c(nc6nc(nc([nH]3)c12)-c1ccccc1-6)c1ccccc51)-c1ccccc1-4. The van der Waals surface area contributed by atoms with E-state index in [9.17, 15) is 39.6 Å². The normalized spacial score (nSPS) is 12.3. The second-order valence-electron chi connectivity index (χ2n) is 13.4. The Morgan fingerprint density at radius 2 is 0.755 bits per heavy atom. The molecule has 0 atom stereocenters. The number of hydrogen-bond donors (Lipinski definition) is 6. The van der Waals surface area contributed by atoms with Crippen molar-refractivity contribution >= 4 is 66.5 Å². The Hall–Kier alpha value is -7.26. The summed E-state index contributed by atoms with van der Waals surface area (Å²) in [5.41, 5.74) is 2.86. The topological polar surface area (TPSA) is 258 Å². The molecule has 255 valence electrons. The molecule has 0 spiro atoms. The van der Waals surface area contributed by atoms with Gasteiger partial charge < -0.3 is 0 Å². The van der Waals surface area contributed by atoms with Gasteiger partial charge in [-0.3, -0.25) is 0 Å². The number of hydrogen-bond acceptors (Lipinski definition) is 10. The van der Waals surface area contributed by atoms with E-state index in [0.29, 0.717) is 39.4 Å². The zero-order valence-electron chi connectivity index (χ0n) is 27.0. The molecule has 2 aliphatic rings. The molecule has 0 unspecified atom stereocenters. The van der Waals surface area contributed by atoms with E-state index in [-0.39, 0.29) is 39.5 Å². The summed E-state index contributed by atoms with van der Waals surface area (Å²) in [6.45, 7) is 0.